The lowest BCUT2D eigenvalue weighted by Crippen LogP contribution is -2.51. The summed E-state index contributed by atoms with van der Waals surface area (Å²) >= 11 is 2.88. The number of thiazole rings is 1. The molecule has 0 aromatic carbocycles. The molecular weight excluding hydrogens is 296 g/mol. The second-order valence-electron chi connectivity index (χ2n) is 4.78. The second-order valence-corrected chi connectivity index (χ2v) is 6.56. The first kappa shape index (κ1) is 15.1. The van der Waals surface area contributed by atoms with Crippen LogP contribution < -0.4 is 5.32 Å². The number of thiophene rings is 1. The van der Waals surface area contributed by atoms with Crippen LogP contribution in [0.3, 0.4) is 0 Å². The van der Waals surface area contributed by atoms with E-state index in [1.165, 1.54) is 11.3 Å². The quantitative estimate of drug-likeness (QED) is 0.784. The minimum Gasteiger partial charge on any atom is -0.394 e. The number of nitrogens with one attached hydrogen (secondary N) is 1. The number of aromatic nitrogens is 1. The molecule has 0 aliphatic heterocycles. The standard InChI is InChI=1S/C13H16N2O3S2/c1-8-10(11(18)15-13(2,6-16)7-17)20-12(14-8)9-3-4-19-5-9/h3-5,16-17H,6-7H2,1-2H3,(H,15,18). The zero-order valence-electron chi connectivity index (χ0n) is 11.2. The lowest BCUT2D eigenvalue weighted by atomic mass is 10.1. The number of aryl methyl sites for hydroxylation is 1. The van der Waals surface area contributed by atoms with Gasteiger partial charge < -0.3 is 15.5 Å². The van der Waals surface area contributed by atoms with Gasteiger partial charge in [0.15, 0.2) is 0 Å². The van der Waals surface area contributed by atoms with Crippen molar-refractivity contribution in [2.45, 2.75) is 19.4 Å². The highest BCUT2D eigenvalue weighted by molar-refractivity contribution is 7.17. The Morgan fingerprint density at radius 2 is 2.15 bits per heavy atom. The molecule has 0 aliphatic carbocycles. The van der Waals surface area contributed by atoms with Crippen LogP contribution in [0, 0.1) is 6.92 Å². The normalized spacial score (nSPS) is 11.6. The molecule has 108 valence electrons. The largest absolute Gasteiger partial charge is 0.394 e. The third-order valence-corrected chi connectivity index (χ3v) is 4.77. The molecule has 0 saturated heterocycles. The van der Waals surface area contributed by atoms with Crippen LogP contribution in [0.25, 0.3) is 10.6 Å². The average Bonchev–Trinajstić information content (AvgIpc) is 3.07. The molecule has 5 nitrogen and oxygen atoms in total. The second kappa shape index (κ2) is 6.01. The van der Waals surface area contributed by atoms with Crippen LogP contribution in [0.2, 0.25) is 0 Å². The monoisotopic (exact) mass is 312 g/mol. The van der Waals surface area contributed by atoms with E-state index in [1.54, 1.807) is 25.2 Å². The molecule has 7 heteroatoms. The first-order valence-corrected chi connectivity index (χ1v) is 7.79. The highest BCUT2D eigenvalue weighted by Crippen LogP contribution is 2.29. The van der Waals surface area contributed by atoms with Crippen molar-refractivity contribution >= 4 is 28.6 Å². The molecule has 0 saturated carbocycles. The minimum atomic E-state index is -1.03. The molecule has 2 heterocycles. The number of hydrogen-bond donors (Lipinski definition) is 3. The zero-order valence-corrected chi connectivity index (χ0v) is 12.8. The maximum absolute atomic E-state index is 12.2. The molecule has 3 N–H and O–H groups in total. The van der Waals surface area contributed by atoms with Crippen LogP contribution >= 0.6 is 22.7 Å². The molecule has 0 aliphatic rings. The van der Waals surface area contributed by atoms with Gasteiger partial charge in [-0.25, -0.2) is 4.98 Å². The van der Waals surface area contributed by atoms with Crippen molar-refractivity contribution in [3.63, 3.8) is 0 Å². The highest BCUT2D eigenvalue weighted by atomic mass is 32.1. The summed E-state index contributed by atoms with van der Waals surface area (Å²) in [7, 11) is 0. The SMILES string of the molecule is Cc1nc(-c2ccsc2)sc1C(=O)NC(C)(CO)CO. The maximum atomic E-state index is 12.2. The van der Waals surface area contributed by atoms with E-state index in [9.17, 15) is 15.0 Å². The molecule has 2 aromatic heterocycles. The molecular formula is C13H16N2O3S2. The number of carbonyl (C=O) groups excluding carboxylic acids is 1. The number of rotatable bonds is 5. The van der Waals surface area contributed by atoms with Gasteiger partial charge in [-0.05, 0) is 25.3 Å². The summed E-state index contributed by atoms with van der Waals surface area (Å²) < 4.78 is 0. The van der Waals surface area contributed by atoms with Gasteiger partial charge in [-0.1, -0.05) is 0 Å². The van der Waals surface area contributed by atoms with E-state index in [2.05, 4.69) is 10.3 Å². The van der Waals surface area contributed by atoms with Crippen molar-refractivity contribution in [3.05, 3.63) is 27.4 Å². The Labute approximate surface area is 124 Å². The topological polar surface area (TPSA) is 82.5 Å². The van der Waals surface area contributed by atoms with E-state index in [4.69, 9.17) is 0 Å². The molecule has 0 spiro atoms. The van der Waals surface area contributed by atoms with Crippen molar-refractivity contribution < 1.29 is 15.0 Å². The Morgan fingerprint density at radius 3 is 2.70 bits per heavy atom. The first-order valence-electron chi connectivity index (χ1n) is 6.03. The van der Waals surface area contributed by atoms with Gasteiger partial charge >= 0.3 is 0 Å². The van der Waals surface area contributed by atoms with Crippen molar-refractivity contribution in [1.82, 2.24) is 10.3 Å². The van der Waals surface area contributed by atoms with E-state index in [1.807, 2.05) is 16.8 Å². The van der Waals surface area contributed by atoms with E-state index >= 15 is 0 Å². The molecule has 0 atom stereocenters. The van der Waals surface area contributed by atoms with Gasteiger partial charge in [0, 0.05) is 10.9 Å². The van der Waals surface area contributed by atoms with Crippen molar-refractivity contribution in [2.24, 2.45) is 0 Å². The number of nitrogens with zero attached hydrogens (tertiary/aromatic N) is 1. The lowest BCUT2D eigenvalue weighted by molar-refractivity contribution is 0.0726. The van der Waals surface area contributed by atoms with Gasteiger partial charge in [0.25, 0.3) is 5.91 Å². The predicted octanol–water partition coefficient (Wildman–Crippen LogP) is 1.65. The summed E-state index contributed by atoms with van der Waals surface area (Å²) in [6.07, 6.45) is 0. The lowest BCUT2D eigenvalue weighted by Gasteiger charge is -2.25. The summed E-state index contributed by atoms with van der Waals surface area (Å²) in [5.41, 5.74) is 0.608. The number of hydrogen-bond acceptors (Lipinski definition) is 6. The van der Waals surface area contributed by atoms with Gasteiger partial charge in [-0.2, -0.15) is 11.3 Å². The Kier molecular flexibility index (Phi) is 4.54. The first-order chi connectivity index (χ1) is 9.49. The smallest absolute Gasteiger partial charge is 0.263 e. The molecule has 1 amide bonds. The zero-order chi connectivity index (χ0) is 14.8. The highest BCUT2D eigenvalue weighted by Gasteiger charge is 2.27. The van der Waals surface area contributed by atoms with E-state index in [0.717, 1.165) is 10.6 Å². The summed E-state index contributed by atoms with van der Waals surface area (Å²) in [5.74, 6) is -0.327. The number of carbonyl (C=O) groups is 1. The number of aliphatic hydroxyl groups is 2. The van der Waals surface area contributed by atoms with Gasteiger partial charge in [0.05, 0.1) is 24.4 Å². The van der Waals surface area contributed by atoms with Crippen molar-refractivity contribution in [1.29, 1.82) is 0 Å². The van der Waals surface area contributed by atoms with Gasteiger partial charge in [0.1, 0.15) is 9.88 Å². The van der Waals surface area contributed by atoms with Crippen LogP contribution in [0.4, 0.5) is 0 Å². The van der Waals surface area contributed by atoms with Gasteiger partial charge in [-0.15, -0.1) is 11.3 Å². The maximum Gasteiger partial charge on any atom is 0.263 e. The Bertz CT molecular complexity index is 589. The van der Waals surface area contributed by atoms with Gasteiger partial charge in [-0.3, -0.25) is 4.79 Å². The fourth-order valence-corrected chi connectivity index (χ4v) is 3.25. The van der Waals surface area contributed by atoms with E-state index < -0.39 is 5.54 Å². The molecule has 0 unspecified atom stereocenters. The molecule has 2 aromatic rings. The van der Waals surface area contributed by atoms with Crippen LogP contribution in [-0.2, 0) is 0 Å². The molecule has 2 rings (SSSR count). The summed E-state index contributed by atoms with van der Waals surface area (Å²) in [4.78, 5) is 17.1. The predicted molar refractivity (Wildman–Crippen MR) is 80.2 cm³/mol. The van der Waals surface area contributed by atoms with Crippen LogP contribution in [0.1, 0.15) is 22.3 Å². The molecule has 0 bridgehead atoms. The molecule has 20 heavy (non-hydrogen) atoms. The van der Waals surface area contributed by atoms with Crippen LogP contribution in [0.15, 0.2) is 16.8 Å². The van der Waals surface area contributed by atoms with Gasteiger partial charge in [0.2, 0.25) is 0 Å². The third kappa shape index (κ3) is 3.06. The Morgan fingerprint density at radius 1 is 1.45 bits per heavy atom. The molecule has 0 fully saturated rings. The summed E-state index contributed by atoms with van der Waals surface area (Å²) in [6, 6.07) is 1.95. The minimum absolute atomic E-state index is 0.327. The fourth-order valence-electron chi connectivity index (χ4n) is 1.58. The van der Waals surface area contributed by atoms with E-state index in [0.29, 0.717) is 10.6 Å². The summed E-state index contributed by atoms with van der Waals surface area (Å²) in [5, 5.41) is 25.8. The number of amides is 1. The molecule has 0 radical (unpaired) electrons. The summed E-state index contributed by atoms with van der Waals surface area (Å²) in [6.45, 7) is 2.70. The average molecular weight is 312 g/mol. The third-order valence-electron chi connectivity index (χ3n) is 2.88. The van der Waals surface area contributed by atoms with Crippen molar-refractivity contribution in [2.75, 3.05) is 13.2 Å². The Balaban J connectivity index is 2.23. The van der Waals surface area contributed by atoms with Crippen molar-refractivity contribution in [3.8, 4) is 10.6 Å². The van der Waals surface area contributed by atoms with Crippen LogP contribution in [-0.4, -0.2) is 39.9 Å². The number of aliphatic hydroxyl groups excluding tert-OH is 2. The van der Waals surface area contributed by atoms with E-state index in [-0.39, 0.29) is 19.1 Å². The fraction of sp³-hybridized carbons (Fsp3) is 0.385. The van der Waals surface area contributed by atoms with Crippen LogP contribution in [0.5, 0.6) is 0 Å². The Hall–Kier alpha value is -1.28.